The van der Waals surface area contributed by atoms with Crippen LogP contribution in [-0.4, -0.2) is 29.0 Å². The van der Waals surface area contributed by atoms with Gasteiger partial charge in [-0.25, -0.2) is 0 Å². The fourth-order valence-corrected chi connectivity index (χ4v) is 3.95. The molecule has 1 aliphatic rings. The summed E-state index contributed by atoms with van der Waals surface area (Å²) in [5.74, 6) is 1.50. The van der Waals surface area contributed by atoms with E-state index in [1.165, 1.54) is 16.7 Å². The van der Waals surface area contributed by atoms with Crippen molar-refractivity contribution in [2.45, 2.75) is 33.1 Å². The SMILES string of the molecule is Cc1ccc(C2SCCN2C(=O)C(C)(C)CCl)c(C)c1. The van der Waals surface area contributed by atoms with E-state index in [2.05, 4.69) is 32.0 Å². The lowest BCUT2D eigenvalue weighted by Crippen LogP contribution is -2.41. The van der Waals surface area contributed by atoms with Gasteiger partial charge < -0.3 is 4.90 Å². The number of halogens is 1. The van der Waals surface area contributed by atoms with E-state index in [-0.39, 0.29) is 11.3 Å². The van der Waals surface area contributed by atoms with Gasteiger partial charge in [-0.2, -0.15) is 0 Å². The number of thioether (sulfide) groups is 1. The second-order valence-electron chi connectivity index (χ2n) is 6.10. The topological polar surface area (TPSA) is 20.3 Å². The predicted octanol–water partition coefficient (Wildman–Crippen LogP) is 4.14. The number of rotatable bonds is 3. The lowest BCUT2D eigenvalue weighted by Gasteiger charge is -2.32. The zero-order valence-corrected chi connectivity index (χ0v) is 14.1. The normalized spacial score (nSPS) is 19.4. The molecule has 110 valence electrons. The van der Waals surface area contributed by atoms with Crippen molar-refractivity contribution < 1.29 is 4.79 Å². The molecule has 1 heterocycles. The second kappa shape index (κ2) is 5.98. The van der Waals surface area contributed by atoms with Crippen molar-refractivity contribution in [2.24, 2.45) is 5.41 Å². The summed E-state index contributed by atoms with van der Waals surface area (Å²) in [7, 11) is 0. The number of hydrogen-bond acceptors (Lipinski definition) is 2. The molecule has 2 nitrogen and oxygen atoms in total. The van der Waals surface area contributed by atoms with Crippen LogP contribution in [0.3, 0.4) is 0 Å². The highest BCUT2D eigenvalue weighted by molar-refractivity contribution is 7.99. The van der Waals surface area contributed by atoms with Crippen LogP contribution in [-0.2, 0) is 4.79 Å². The van der Waals surface area contributed by atoms with E-state index in [1.54, 1.807) is 0 Å². The predicted molar refractivity (Wildman–Crippen MR) is 87.3 cm³/mol. The minimum atomic E-state index is -0.497. The van der Waals surface area contributed by atoms with E-state index >= 15 is 0 Å². The van der Waals surface area contributed by atoms with E-state index in [1.807, 2.05) is 30.5 Å². The number of aryl methyl sites for hydroxylation is 2. The first-order valence-electron chi connectivity index (χ1n) is 6.92. The van der Waals surface area contributed by atoms with Crippen LogP contribution in [0.4, 0.5) is 0 Å². The van der Waals surface area contributed by atoms with Crippen LogP contribution in [0.2, 0.25) is 0 Å². The zero-order valence-electron chi connectivity index (χ0n) is 12.6. The standard InChI is InChI=1S/C16H22ClNOS/c1-11-5-6-13(12(2)9-11)14-18(7-8-20-14)15(19)16(3,4)10-17/h5-6,9,14H,7-8,10H2,1-4H3. The van der Waals surface area contributed by atoms with Gasteiger partial charge in [0.2, 0.25) is 5.91 Å². The van der Waals surface area contributed by atoms with Gasteiger partial charge in [-0.3, -0.25) is 4.79 Å². The molecule has 1 aromatic carbocycles. The monoisotopic (exact) mass is 311 g/mol. The minimum Gasteiger partial charge on any atom is -0.325 e. The molecule has 0 spiro atoms. The fourth-order valence-electron chi connectivity index (χ4n) is 2.48. The third-order valence-corrected chi connectivity index (χ3v) is 5.67. The summed E-state index contributed by atoms with van der Waals surface area (Å²) in [5, 5.41) is 0.130. The molecule has 0 saturated carbocycles. The summed E-state index contributed by atoms with van der Waals surface area (Å²) < 4.78 is 0. The Morgan fingerprint density at radius 3 is 2.75 bits per heavy atom. The zero-order chi connectivity index (χ0) is 14.9. The van der Waals surface area contributed by atoms with Crippen molar-refractivity contribution >= 4 is 29.3 Å². The number of nitrogens with zero attached hydrogens (tertiary/aromatic N) is 1. The molecule has 0 bridgehead atoms. The number of benzene rings is 1. The highest BCUT2D eigenvalue weighted by Crippen LogP contribution is 2.41. The minimum absolute atomic E-state index is 0.130. The Balaban J connectivity index is 2.30. The lowest BCUT2D eigenvalue weighted by atomic mass is 9.93. The van der Waals surface area contributed by atoms with Crippen LogP contribution in [0.1, 0.15) is 35.9 Å². The molecule has 1 fully saturated rings. The molecule has 0 radical (unpaired) electrons. The van der Waals surface area contributed by atoms with Crippen LogP contribution in [0, 0.1) is 19.3 Å². The largest absolute Gasteiger partial charge is 0.325 e. The Hall–Kier alpha value is -0.670. The molecule has 1 unspecified atom stereocenters. The highest BCUT2D eigenvalue weighted by Gasteiger charge is 2.38. The fraction of sp³-hybridized carbons (Fsp3) is 0.562. The third kappa shape index (κ3) is 2.99. The summed E-state index contributed by atoms with van der Waals surface area (Å²) in [6.45, 7) is 8.87. The smallest absolute Gasteiger partial charge is 0.230 e. The van der Waals surface area contributed by atoms with Crippen LogP contribution in [0.25, 0.3) is 0 Å². The first-order valence-corrected chi connectivity index (χ1v) is 8.51. The van der Waals surface area contributed by atoms with Crippen molar-refractivity contribution in [3.8, 4) is 0 Å². The molecule has 20 heavy (non-hydrogen) atoms. The quantitative estimate of drug-likeness (QED) is 0.782. The molecule has 1 aliphatic heterocycles. The summed E-state index contributed by atoms with van der Waals surface area (Å²) in [6, 6.07) is 6.46. The number of hydrogen-bond donors (Lipinski definition) is 0. The number of amides is 1. The first-order chi connectivity index (χ1) is 9.36. The maximum Gasteiger partial charge on any atom is 0.230 e. The van der Waals surface area contributed by atoms with Gasteiger partial charge in [0.05, 0.1) is 5.41 Å². The van der Waals surface area contributed by atoms with Crippen molar-refractivity contribution in [3.05, 3.63) is 34.9 Å². The summed E-state index contributed by atoms with van der Waals surface area (Å²) in [4.78, 5) is 14.7. The summed E-state index contributed by atoms with van der Waals surface area (Å²) >= 11 is 7.80. The van der Waals surface area contributed by atoms with Gasteiger partial charge in [-0.05, 0) is 38.8 Å². The average Bonchev–Trinajstić information content (AvgIpc) is 2.86. The van der Waals surface area contributed by atoms with Gasteiger partial charge in [-0.15, -0.1) is 23.4 Å². The van der Waals surface area contributed by atoms with Gasteiger partial charge in [0.15, 0.2) is 0 Å². The van der Waals surface area contributed by atoms with Crippen molar-refractivity contribution in [3.63, 3.8) is 0 Å². The Morgan fingerprint density at radius 1 is 1.45 bits per heavy atom. The van der Waals surface area contributed by atoms with Crippen molar-refractivity contribution in [2.75, 3.05) is 18.2 Å². The van der Waals surface area contributed by atoms with Crippen LogP contribution in [0.15, 0.2) is 18.2 Å². The van der Waals surface area contributed by atoms with Crippen LogP contribution in [0.5, 0.6) is 0 Å². The lowest BCUT2D eigenvalue weighted by molar-refractivity contribution is -0.139. The first kappa shape index (κ1) is 15.7. The Bertz CT molecular complexity index is 515. The Morgan fingerprint density at radius 2 is 2.15 bits per heavy atom. The van der Waals surface area contributed by atoms with Gasteiger partial charge in [0.1, 0.15) is 5.37 Å². The molecule has 2 rings (SSSR count). The maximum absolute atomic E-state index is 12.7. The van der Waals surface area contributed by atoms with Gasteiger partial charge in [0, 0.05) is 18.2 Å². The van der Waals surface area contributed by atoms with Crippen LogP contribution < -0.4 is 0 Å². The van der Waals surface area contributed by atoms with E-state index in [9.17, 15) is 4.79 Å². The molecule has 1 saturated heterocycles. The van der Waals surface area contributed by atoms with E-state index in [0.29, 0.717) is 5.88 Å². The summed E-state index contributed by atoms with van der Waals surface area (Å²) in [5.41, 5.74) is 3.26. The number of carbonyl (C=O) groups is 1. The maximum atomic E-state index is 12.7. The van der Waals surface area contributed by atoms with Crippen molar-refractivity contribution in [1.29, 1.82) is 0 Å². The molecule has 0 aromatic heterocycles. The second-order valence-corrected chi connectivity index (χ2v) is 7.55. The van der Waals surface area contributed by atoms with Gasteiger partial charge in [0.25, 0.3) is 0 Å². The van der Waals surface area contributed by atoms with E-state index in [0.717, 1.165) is 12.3 Å². The number of alkyl halides is 1. The Labute approximate surface area is 130 Å². The van der Waals surface area contributed by atoms with Gasteiger partial charge in [-0.1, -0.05) is 23.8 Å². The molecule has 0 aliphatic carbocycles. The molecule has 0 N–H and O–H groups in total. The molecule has 4 heteroatoms. The third-order valence-electron chi connectivity index (χ3n) is 3.76. The van der Waals surface area contributed by atoms with Crippen molar-refractivity contribution in [1.82, 2.24) is 4.90 Å². The summed E-state index contributed by atoms with van der Waals surface area (Å²) in [6.07, 6.45) is 0. The molecule has 1 atom stereocenters. The highest BCUT2D eigenvalue weighted by atomic mass is 35.5. The number of carbonyl (C=O) groups excluding carboxylic acids is 1. The van der Waals surface area contributed by atoms with Gasteiger partial charge >= 0.3 is 0 Å². The molecule has 1 amide bonds. The molecular formula is C16H22ClNOS. The average molecular weight is 312 g/mol. The Kier molecular flexibility index (Phi) is 4.70. The van der Waals surface area contributed by atoms with E-state index < -0.39 is 5.41 Å². The molecule has 1 aromatic rings. The molecular weight excluding hydrogens is 290 g/mol. The van der Waals surface area contributed by atoms with Crippen LogP contribution >= 0.6 is 23.4 Å². The van der Waals surface area contributed by atoms with E-state index in [4.69, 9.17) is 11.6 Å².